The second-order valence-corrected chi connectivity index (χ2v) is 6.97. The standard InChI is InChI=1S/C24H18N2O5/c1-25-20-13-6-5-12-19(20)22(23(25)16-8-3-2-4-9-16)21(27)15-31-24(28)17-10-7-11-18(14-17)26(29)30/h2-14H,15H2,1H3. The lowest BCUT2D eigenvalue weighted by Gasteiger charge is -2.09. The summed E-state index contributed by atoms with van der Waals surface area (Å²) in [7, 11) is 1.89. The monoisotopic (exact) mass is 414 g/mol. The smallest absolute Gasteiger partial charge is 0.338 e. The summed E-state index contributed by atoms with van der Waals surface area (Å²) in [6.07, 6.45) is 0. The Labute approximate surface area is 177 Å². The van der Waals surface area contributed by atoms with Crippen molar-refractivity contribution in [1.29, 1.82) is 0 Å². The van der Waals surface area contributed by atoms with E-state index in [4.69, 9.17) is 4.74 Å². The summed E-state index contributed by atoms with van der Waals surface area (Å²) in [6.45, 7) is -0.477. The highest BCUT2D eigenvalue weighted by molar-refractivity contribution is 6.14. The summed E-state index contributed by atoms with van der Waals surface area (Å²) in [5, 5.41) is 11.7. The number of carbonyl (C=O) groups is 2. The second kappa shape index (κ2) is 8.23. The average molecular weight is 414 g/mol. The van der Waals surface area contributed by atoms with Gasteiger partial charge in [0.15, 0.2) is 6.61 Å². The molecule has 3 aromatic carbocycles. The van der Waals surface area contributed by atoms with E-state index in [0.29, 0.717) is 5.56 Å². The number of nitro groups is 1. The van der Waals surface area contributed by atoms with Gasteiger partial charge >= 0.3 is 5.97 Å². The molecule has 0 bridgehead atoms. The largest absolute Gasteiger partial charge is 0.454 e. The van der Waals surface area contributed by atoms with Crippen LogP contribution in [0.2, 0.25) is 0 Å². The fraction of sp³-hybridized carbons (Fsp3) is 0.0833. The molecule has 0 spiro atoms. The first-order valence-corrected chi connectivity index (χ1v) is 9.55. The number of aryl methyl sites for hydroxylation is 1. The van der Waals surface area contributed by atoms with Gasteiger partial charge in [-0.3, -0.25) is 14.9 Å². The molecule has 0 saturated heterocycles. The zero-order valence-electron chi connectivity index (χ0n) is 16.6. The Morgan fingerprint density at radius 3 is 2.42 bits per heavy atom. The van der Waals surface area contributed by atoms with Gasteiger partial charge in [-0.2, -0.15) is 0 Å². The topological polar surface area (TPSA) is 91.4 Å². The molecule has 0 aliphatic carbocycles. The van der Waals surface area contributed by atoms with E-state index in [-0.39, 0.29) is 17.0 Å². The molecular weight excluding hydrogens is 396 g/mol. The van der Waals surface area contributed by atoms with Crippen LogP contribution in [0.3, 0.4) is 0 Å². The normalized spacial score (nSPS) is 10.7. The number of rotatable bonds is 6. The molecule has 0 aliphatic heterocycles. The molecule has 0 amide bonds. The highest BCUT2D eigenvalue weighted by atomic mass is 16.6. The van der Waals surface area contributed by atoms with Gasteiger partial charge in [0.2, 0.25) is 5.78 Å². The molecule has 0 fully saturated rings. The summed E-state index contributed by atoms with van der Waals surface area (Å²) in [5.41, 5.74) is 2.75. The highest BCUT2D eigenvalue weighted by Crippen LogP contribution is 2.33. The molecule has 7 heteroatoms. The SMILES string of the molecule is Cn1c(-c2ccccc2)c(C(=O)COC(=O)c2cccc([N+](=O)[O-])c2)c2ccccc21. The first-order valence-electron chi connectivity index (χ1n) is 9.55. The van der Waals surface area contributed by atoms with Crippen LogP contribution in [0.1, 0.15) is 20.7 Å². The molecule has 4 rings (SSSR count). The maximum absolute atomic E-state index is 13.2. The number of ether oxygens (including phenoxy) is 1. The minimum absolute atomic E-state index is 0.0169. The summed E-state index contributed by atoms with van der Waals surface area (Å²) in [5.74, 6) is -1.15. The van der Waals surface area contributed by atoms with Crippen LogP contribution < -0.4 is 0 Å². The maximum atomic E-state index is 13.2. The zero-order valence-corrected chi connectivity index (χ0v) is 16.6. The van der Waals surface area contributed by atoms with Gasteiger partial charge in [0, 0.05) is 30.1 Å². The number of Topliss-reactive ketones (excluding diaryl/α,β-unsaturated/α-hetero) is 1. The summed E-state index contributed by atoms with van der Waals surface area (Å²) in [4.78, 5) is 35.9. The van der Waals surface area contributed by atoms with Crippen molar-refractivity contribution in [1.82, 2.24) is 4.57 Å². The lowest BCUT2D eigenvalue weighted by molar-refractivity contribution is -0.384. The molecule has 0 atom stereocenters. The third-order valence-electron chi connectivity index (χ3n) is 5.06. The van der Waals surface area contributed by atoms with Crippen LogP contribution in [0, 0.1) is 10.1 Å². The van der Waals surface area contributed by atoms with Gasteiger partial charge in [-0.25, -0.2) is 4.79 Å². The van der Waals surface area contributed by atoms with Gasteiger partial charge in [-0.15, -0.1) is 0 Å². The number of benzene rings is 3. The lowest BCUT2D eigenvalue weighted by Crippen LogP contribution is -2.15. The first kappa shape index (κ1) is 20.0. The Kier molecular flexibility index (Phi) is 5.32. The van der Waals surface area contributed by atoms with E-state index in [1.807, 2.05) is 66.2 Å². The molecule has 0 N–H and O–H groups in total. The maximum Gasteiger partial charge on any atom is 0.338 e. The highest BCUT2D eigenvalue weighted by Gasteiger charge is 2.23. The van der Waals surface area contributed by atoms with Gasteiger partial charge < -0.3 is 9.30 Å². The van der Waals surface area contributed by atoms with Crippen molar-refractivity contribution in [2.75, 3.05) is 6.61 Å². The number of hydrogen-bond donors (Lipinski definition) is 0. The van der Waals surface area contributed by atoms with E-state index >= 15 is 0 Å². The van der Waals surface area contributed by atoms with Gasteiger partial charge in [0.05, 0.1) is 21.7 Å². The fourth-order valence-electron chi connectivity index (χ4n) is 3.64. The molecule has 0 aliphatic rings. The Balaban J connectivity index is 1.66. The molecule has 1 aromatic heterocycles. The van der Waals surface area contributed by atoms with Crippen molar-refractivity contribution in [3.63, 3.8) is 0 Å². The first-order chi connectivity index (χ1) is 15.0. The number of nitro benzene ring substituents is 1. The number of ketones is 1. The average Bonchev–Trinajstić information content (AvgIpc) is 3.10. The minimum atomic E-state index is -0.793. The van der Waals surface area contributed by atoms with Crippen molar-refractivity contribution in [2.24, 2.45) is 7.05 Å². The Bertz CT molecular complexity index is 1310. The van der Waals surface area contributed by atoms with E-state index in [9.17, 15) is 19.7 Å². The minimum Gasteiger partial charge on any atom is -0.454 e. The number of carbonyl (C=O) groups excluding carboxylic acids is 2. The van der Waals surface area contributed by atoms with E-state index in [2.05, 4.69) is 0 Å². The van der Waals surface area contributed by atoms with E-state index in [1.54, 1.807) is 0 Å². The second-order valence-electron chi connectivity index (χ2n) is 6.97. The lowest BCUT2D eigenvalue weighted by atomic mass is 10.0. The Morgan fingerprint density at radius 1 is 0.968 bits per heavy atom. The number of esters is 1. The van der Waals surface area contributed by atoms with Crippen molar-refractivity contribution in [3.8, 4) is 11.3 Å². The predicted octanol–water partition coefficient (Wildman–Crippen LogP) is 4.79. The molecule has 0 saturated carbocycles. The van der Waals surface area contributed by atoms with Crippen LogP contribution in [0.4, 0.5) is 5.69 Å². The van der Waals surface area contributed by atoms with Crippen molar-refractivity contribution >= 4 is 28.3 Å². The number of para-hydroxylation sites is 1. The van der Waals surface area contributed by atoms with Crippen molar-refractivity contribution in [2.45, 2.75) is 0 Å². The van der Waals surface area contributed by atoms with Crippen LogP contribution in [-0.2, 0) is 11.8 Å². The van der Waals surface area contributed by atoms with E-state index in [1.165, 1.54) is 18.2 Å². The molecule has 31 heavy (non-hydrogen) atoms. The Morgan fingerprint density at radius 2 is 1.68 bits per heavy atom. The molecule has 4 aromatic rings. The van der Waals surface area contributed by atoms with Gasteiger partial charge in [0.1, 0.15) is 0 Å². The third kappa shape index (κ3) is 3.81. The Hall–Kier alpha value is -4.26. The van der Waals surface area contributed by atoms with Crippen LogP contribution >= 0.6 is 0 Å². The van der Waals surface area contributed by atoms with Crippen LogP contribution in [0.5, 0.6) is 0 Å². The van der Waals surface area contributed by atoms with Crippen LogP contribution in [-0.4, -0.2) is 27.8 Å². The number of hydrogen-bond acceptors (Lipinski definition) is 5. The molecule has 1 heterocycles. The number of non-ortho nitro benzene ring substituents is 1. The predicted molar refractivity (Wildman–Crippen MR) is 116 cm³/mol. The zero-order chi connectivity index (χ0) is 22.0. The molecule has 154 valence electrons. The van der Waals surface area contributed by atoms with Crippen LogP contribution in [0.15, 0.2) is 78.9 Å². The van der Waals surface area contributed by atoms with Crippen LogP contribution in [0.25, 0.3) is 22.2 Å². The number of fused-ring (bicyclic) bond motifs is 1. The molecule has 0 unspecified atom stereocenters. The van der Waals surface area contributed by atoms with Crippen molar-refractivity contribution in [3.05, 3.63) is 100 Å². The van der Waals surface area contributed by atoms with Crippen molar-refractivity contribution < 1.29 is 19.2 Å². The molecule has 0 radical (unpaired) electrons. The summed E-state index contributed by atoms with van der Waals surface area (Å²) >= 11 is 0. The fourth-order valence-corrected chi connectivity index (χ4v) is 3.64. The third-order valence-corrected chi connectivity index (χ3v) is 5.06. The number of nitrogens with zero attached hydrogens (tertiary/aromatic N) is 2. The van der Waals surface area contributed by atoms with E-state index in [0.717, 1.165) is 28.2 Å². The summed E-state index contributed by atoms with van der Waals surface area (Å²) < 4.78 is 7.15. The van der Waals surface area contributed by atoms with Gasteiger partial charge in [-0.05, 0) is 17.7 Å². The molecule has 7 nitrogen and oxygen atoms in total. The van der Waals surface area contributed by atoms with E-state index < -0.39 is 17.5 Å². The van der Waals surface area contributed by atoms with Gasteiger partial charge in [-0.1, -0.05) is 54.6 Å². The summed E-state index contributed by atoms with van der Waals surface area (Å²) in [6, 6.07) is 22.3. The molecular formula is C24H18N2O5. The quantitative estimate of drug-likeness (QED) is 0.196. The number of aromatic nitrogens is 1. The van der Waals surface area contributed by atoms with Gasteiger partial charge in [0.25, 0.3) is 5.69 Å².